The molecule has 0 atom stereocenters. The Hall–Kier alpha value is -2.10. The molecule has 0 N–H and O–H groups in total. The van der Waals surface area contributed by atoms with Crippen LogP contribution in [-0.4, -0.2) is 27.6 Å². The lowest BCUT2D eigenvalue weighted by Crippen LogP contribution is -2.26. The van der Waals surface area contributed by atoms with Gasteiger partial charge in [0.1, 0.15) is 0 Å². The van der Waals surface area contributed by atoms with E-state index in [-0.39, 0.29) is 5.91 Å². The van der Waals surface area contributed by atoms with E-state index in [1.807, 2.05) is 44.3 Å². The number of rotatable bonds is 7. The number of benzene rings is 1. The zero-order valence-corrected chi connectivity index (χ0v) is 15.5. The topological polar surface area (TPSA) is 38.1 Å². The summed E-state index contributed by atoms with van der Waals surface area (Å²) in [5.74, 6) is 0.740. The third kappa shape index (κ3) is 4.70. The molecule has 0 radical (unpaired) electrons. The zero-order valence-electron chi connectivity index (χ0n) is 15.5. The van der Waals surface area contributed by atoms with Crippen molar-refractivity contribution in [2.24, 2.45) is 5.92 Å². The van der Waals surface area contributed by atoms with Gasteiger partial charge >= 0.3 is 0 Å². The van der Waals surface area contributed by atoms with Gasteiger partial charge in [-0.05, 0) is 37.3 Å². The molecule has 130 valence electrons. The summed E-state index contributed by atoms with van der Waals surface area (Å²) in [5, 5.41) is 4.63. The smallest absolute Gasteiger partial charge is 0.222 e. The Morgan fingerprint density at radius 2 is 1.88 bits per heavy atom. The van der Waals surface area contributed by atoms with Crippen LogP contribution in [0.25, 0.3) is 0 Å². The number of carbonyl (C=O) groups excluding carboxylic acids is 1. The molecule has 0 aliphatic rings. The Labute approximate surface area is 145 Å². The van der Waals surface area contributed by atoms with Gasteiger partial charge in [0.05, 0.1) is 5.69 Å². The Balaban J connectivity index is 1.95. The highest BCUT2D eigenvalue weighted by Gasteiger charge is 2.15. The van der Waals surface area contributed by atoms with Crippen LogP contribution in [0.4, 0.5) is 0 Å². The van der Waals surface area contributed by atoms with Gasteiger partial charge in [-0.25, -0.2) is 0 Å². The molecule has 1 heterocycles. The van der Waals surface area contributed by atoms with Crippen LogP contribution in [0, 0.1) is 19.8 Å². The molecule has 1 aromatic heterocycles. The number of hydrogen-bond acceptors (Lipinski definition) is 2. The lowest BCUT2D eigenvalue weighted by atomic mass is 10.1. The van der Waals surface area contributed by atoms with Crippen molar-refractivity contribution in [3.05, 3.63) is 52.8 Å². The van der Waals surface area contributed by atoms with Crippen molar-refractivity contribution in [2.45, 2.75) is 53.6 Å². The van der Waals surface area contributed by atoms with Gasteiger partial charge in [-0.1, -0.05) is 44.2 Å². The van der Waals surface area contributed by atoms with Crippen LogP contribution in [0.3, 0.4) is 0 Å². The molecule has 0 bridgehead atoms. The van der Waals surface area contributed by atoms with Crippen LogP contribution in [0.1, 0.15) is 42.8 Å². The lowest BCUT2D eigenvalue weighted by molar-refractivity contribution is -0.130. The van der Waals surface area contributed by atoms with Gasteiger partial charge < -0.3 is 4.90 Å². The molecule has 0 unspecified atom stereocenters. The maximum atomic E-state index is 12.4. The summed E-state index contributed by atoms with van der Waals surface area (Å²) in [6.07, 6.45) is 1.28. The number of nitrogens with zero attached hydrogens (tertiary/aromatic N) is 3. The SMILES string of the molecule is Cc1nn(CC(C)C)c(C)c1CCC(=O)N(C)Cc1ccccc1. The van der Waals surface area contributed by atoms with Crippen molar-refractivity contribution in [3.8, 4) is 0 Å². The quantitative estimate of drug-likeness (QED) is 0.777. The zero-order chi connectivity index (χ0) is 17.7. The average molecular weight is 327 g/mol. The van der Waals surface area contributed by atoms with Crippen molar-refractivity contribution in [3.63, 3.8) is 0 Å². The Morgan fingerprint density at radius 3 is 2.50 bits per heavy atom. The van der Waals surface area contributed by atoms with Gasteiger partial charge in [-0.2, -0.15) is 5.10 Å². The van der Waals surface area contributed by atoms with E-state index in [0.717, 1.165) is 24.2 Å². The van der Waals surface area contributed by atoms with Crippen LogP contribution in [-0.2, 0) is 24.3 Å². The normalized spacial score (nSPS) is 11.1. The molecule has 24 heavy (non-hydrogen) atoms. The molecule has 0 spiro atoms. The Kier molecular flexibility index (Phi) is 6.18. The summed E-state index contributed by atoms with van der Waals surface area (Å²) < 4.78 is 2.08. The number of amides is 1. The van der Waals surface area contributed by atoms with Crippen LogP contribution in [0.15, 0.2) is 30.3 Å². The molecule has 4 heteroatoms. The number of aryl methyl sites for hydroxylation is 1. The van der Waals surface area contributed by atoms with Crippen molar-refractivity contribution < 1.29 is 4.79 Å². The first-order valence-electron chi connectivity index (χ1n) is 8.69. The van der Waals surface area contributed by atoms with Gasteiger partial charge in [-0.15, -0.1) is 0 Å². The summed E-state index contributed by atoms with van der Waals surface area (Å²) in [6, 6.07) is 10.1. The minimum atomic E-state index is 0.175. The van der Waals surface area contributed by atoms with Gasteiger partial charge in [-0.3, -0.25) is 9.48 Å². The number of carbonyl (C=O) groups is 1. The number of aromatic nitrogens is 2. The van der Waals surface area contributed by atoms with E-state index in [2.05, 4.69) is 30.6 Å². The predicted octanol–water partition coefficient (Wildman–Crippen LogP) is 3.75. The van der Waals surface area contributed by atoms with E-state index in [1.165, 1.54) is 11.3 Å². The van der Waals surface area contributed by atoms with E-state index >= 15 is 0 Å². The van der Waals surface area contributed by atoms with E-state index < -0.39 is 0 Å². The van der Waals surface area contributed by atoms with Gasteiger partial charge in [0.25, 0.3) is 0 Å². The van der Waals surface area contributed by atoms with Crippen LogP contribution < -0.4 is 0 Å². The molecule has 2 aromatic rings. The first kappa shape index (κ1) is 18.2. The van der Waals surface area contributed by atoms with Crippen molar-refractivity contribution in [2.75, 3.05) is 7.05 Å². The number of hydrogen-bond donors (Lipinski definition) is 0. The summed E-state index contributed by atoms with van der Waals surface area (Å²) in [4.78, 5) is 14.2. The van der Waals surface area contributed by atoms with Crippen molar-refractivity contribution in [1.29, 1.82) is 0 Å². The van der Waals surface area contributed by atoms with Gasteiger partial charge in [0, 0.05) is 32.3 Å². The minimum absolute atomic E-state index is 0.175. The fraction of sp³-hybridized carbons (Fsp3) is 0.500. The Morgan fingerprint density at radius 1 is 1.21 bits per heavy atom. The maximum Gasteiger partial charge on any atom is 0.222 e. The molecule has 4 nitrogen and oxygen atoms in total. The second-order valence-electron chi connectivity index (χ2n) is 6.96. The first-order chi connectivity index (χ1) is 11.4. The molecule has 0 fully saturated rings. The van der Waals surface area contributed by atoms with Crippen LogP contribution in [0.5, 0.6) is 0 Å². The van der Waals surface area contributed by atoms with E-state index in [9.17, 15) is 4.79 Å². The standard InChI is InChI=1S/C20H29N3O/c1-15(2)13-23-17(4)19(16(3)21-23)11-12-20(24)22(5)14-18-9-7-6-8-10-18/h6-10,15H,11-14H2,1-5H3. The van der Waals surface area contributed by atoms with E-state index in [4.69, 9.17) is 0 Å². The highest BCUT2D eigenvalue weighted by atomic mass is 16.2. The summed E-state index contributed by atoms with van der Waals surface area (Å²) in [5.41, 5.74) is 4.62. The first-order valence-corrected chi connectivity index (χ1v) is 8.69. The molecule has 0 aliphatic heterocycles. The second-order valence-corrected chi connectivity index (χ2v) is 6.96. The molecule has 2 rings (SSSR count). The third-order valence-electron chi connectivity index (χ3n) is 4.35. The second kappa shape index (κ2) is 8.13. The largest absolute Gasteiger partial charge is 0.341 e. The Bertz CT molecular complexity index is 674. The molecule has 0 aliphatic carbocycles. The molecule has 0 saturated heterocycles. The maximum absolute atomic E-state index is 12.4. The van der Waals surface area contributed by atoms with E-state index in [1.54, 1.807) is 4.90 Å². The lowest BCUT2D eigenvalue weighted by Gasteiger charge is -2.17. The monoisotopic (exact) mass is 327 g/mol. The average Bonchev–Trinajstić information content (AvgIpc) is 2.79. The third-order valence-corrected chi connectivity index (χ3v) is 4.35. The van der Waals surface area contributed by atoms with Crippen molar-refractivity contribution in [1.82, 2.24) is 14.7 Å². The van der Waals surface area contributed by atoms with Crippen molar-refractivity contribution >= 4 is 5.91 Å². The summed E-state index contributed by atoms with van der Waals surface area (Å²) >= 11 is 0. The molecule has 1 amide bonds. The van der Waals surface area contributed by atoms with Crippen LogP contribution in [0.2, 0.25) is 0 Å². The van der Waals surface area contributed by atoms with E-state index in [0.29, 0.717) is 18.9 Å². The molecule has 0 saturated carbocycles. The summed E-state index contributed by atoms with van der Waals surface area (Å²) in [6.45, 7) is 10.1. The fourth-order valence-electron chi connectivity index (χ4n) is 2.99. The predicted molar refractivity (Wildman–Crippen MR) is 97.8 cm³/mol. The fourth-order valence-corrected chi connectivity index (χ4v) is 2.99. The highest BCUT2D eigenvalue weighted by Crippen LogP contribution is 2.17. The molecule has 1 aromatic carbocycles. The van der Waals surface area contributed by atoms with Gasteiger partial charge in [0.2, 0.25) is 5.91 Å². The minimum Gasteiger partial charge on any atom is -0.341 e. The highest BCUT2D eigenvalue weighted by molar-refractivity contribution is 5.76. The van der Waals surface area contributed by atoms with Crippen LogP contribution >= 0.6 is 0 Å². The van der Waals surface area contributed by atoms with Gasteiger partial charge in [0.15, 0.2) is 0 Å². The molecular weight excluding hydrogens is 298 g/mol. The molecular formula is C20H29N3O. The summed E-state index contributed by atoms with van der Waals surface area (Å²) in [7, 11) is 1.87.